The van der Waals surface area contributed by atoms with E-state index >= 15 is 0 Å². The molecule has 0 spiro atoms. The number of carbonyl (C=O) groups excluding carboxylic acids is 2. The molecule has 0 aliphatic carbocycles. The van der Waals surface area contributed by atoms with Gasteiger partial charge in [-0.3, -0.25) is 14.6 Å². The van der Waals surface area contributed by atoms with Crippen molar-refractivity contribution in [3.05, 3.63) is 23.8 Å². The van der Waals surface area contributed by atoms with Gasteiger partial charge in [0.15, 0.2) is 0 Å². The van der Waals surface area contributed by atoms with Gasteiger partial charge < -0.3 is 10.2 Å². The van der Waals surface area contributed by atoms with Crippen molar-refractivity contribution >= 4 is 11.8 Å². The third kappa shape index (κ3) is 3.49. The van der Waals surface area contributed by atoms with E-state index in [0.29, 0.717) is 18.8 Å². The molecule has 1 N–H and O–H groups in total. The molecule has 1 fully saturated rings. The first kappa shape index (κ1) is 13.5. The summed E-state index contributed by atoms with van der Waals surface area (Å²) in [6.45, 7) is 4.56. The number of amides is 2. The topological polar surface area (TPSA) is 75.2 Å². The van der Waals surface area contributed by atoms with E-state index in [2.05, 4.69) is 15.3 Å². The van der Waals surface area contributed by atoms with Crippen molar-refractivity contribution in [3.63, 3.8) is 0 Å². The summed E-state index contributed by atoms with van der Waals surface area (Å²) in [5.74, 6) is -0.183. The van der Waals surface area contributed by atoms with Crippen LogP contribution in [0, 0.1) is 6.92 Å². The second-order valence-corrected chi connectivity index (χ2v) is 4.83. The van der Waals surface area contributed by atoms with Gasteiger partial charge in [-0.1, -0.05) is 0 Å². The van der Waals surface area contributed by atoms with Gasteiger partial charge in [-0.2, -0.15) is 0 Å². The van der Waals surface area contributed by atoms with Gasteiger partial charge in [-0.15, -0.1) is 0 Å². The molecule has 6 heteroatoms. The number of hydrogen-bond donors (Lipinski definition) is 1. The van der Waals surface area contributed by atoms with Crippen LogP contribution >= 0.6 is 0 Å². The Bertz CT molecular complexity index is 472. The number of hydrogen-bond acceptors (Lipinski definition) is 4. The van der Waals surface area contributed by atoms with E-state index in [-0.39, 0.29) is 17.9 Å². The number of aromatic nitrogens is 2. The molecule has 1 aromatic heterocycles. The number of piperidine rings is 1. The Morgan fingerprint density at radius 3 is 2.79 bits per heavy atom. The Balaban J connectivity index is 2.02. The highest BCUT2D eigenvalue weighted by Crippen LogP contribution is 2.12. The van der Waals surface area contributed by atoms with E-state index in [4.69, 9.17) is 0 Å². The first-order valence-electron chi connectivity index (χ1n) is 6.41. The van der Waals surface area contributed by atoms with Crippen LogP contribution in [0.4, 0.5) is 0 Å². The minimum atomic E-state index is -0.123. The Kier molecular flexibility index (Phi) is 4.09. The second kappa shape index (κ2) is 5.77. The van der Waals surface area contributed by atoms with Crippen LogP contribution in [0.5, 0.6) is 0 Å². The molecule has 6 nitrogen and oxygen atoms in total. The van der Waals surface area contributed by atoms with Crippen molar-refractivity contribution in [1.82, 2.24) is 20.2 Å². The number of aryl methyl sites for hydroxylation is 1. The highest BCUT2D eigenvalue weighted by Gasteiger charge is 2.25. The summed E-state index contributed by atoms with van der Waals surface area (Å²) in [5, 5.41) is 2.86. The molecule has 1 saturated heterocycles. The summed E-state index contributed by atoms with van der Waals surface area (Å²) in [6.07, 6.45) is 4.88. The lowest BCUT2D eigenvalue weighted by Gasteiger charge is -2.32. The fourth-order valence-corrected chi connectivity index (χ4v) is 2.23. The van der Waals surface area contributed by atoms with Crippen LogP contribution < -0.4 is 5.32 Å². The third-order valence-corrected chi connectivity index (χ3v) is 3.12. The SMILES string of the molecule is CC(=O)NC1CCCN(C(=O)c2cnc(C)cn2)C1. The molecular formula is C13H18N4O2. The molecule has 2 amide bonds. The third-order valence-electron chi connectivity index (χ3n) is 3.12. The zero-order valence-electron chi connectivity index (χ0n) is 11.2. The quantitative estimate of drug-likeness (QED) is 0.843. The first-order chi connectivity index (χ1) is 9.06. The minimum absolute atomic E-state index is 0.0357. The van der Waals surface area contributed by atoms with E-state index in [9.17, 15) is 9.59 Å². The average Bonchev–Trinajstić information content (AvgIpc) is 2.38. The summed E-state index contributed by atoms with van der Waals surface area (Å²) in [5.41, 5.74) is 1.14. The van der Waals surface area contributed by atoms with E-state index in [1.165, 1.54) is 13.1 Å². The molecule has 1 atom stereocenters. The number of rotatable bonds is 2. The zero-order valence-corrected chi connectivity index (χ0v) is 11.2. The monoisotopic (exact) mass is 262 g/mol. The van der Waals surface area contributed by atoms with E-state index in [1.807, 2.05) is 6.92 Å². The lowest BCUT2D eigenvalue weighted by Crippen LogP contribution is -2.49. The van der Waals surface area contributed by atoms with Gasteiger partial charge in [0, 0.05) is 32.3 Å². The van der Waals surface area contributed by atoms with Crippen LogP contribution in [-0.2, 0) is 4.79 Å². The van der Waals surface area contributed by atoms with Crippen molar-refractivity contribution in [1.29, 1.82) is 0 Å². The first-order valence-corrected chi connectivity index (χ1v) is 6.41. The summed E-state index contributed by atoms with van der Waals surface area (Å²) in [7, 11) is 0. The second-order valence-electron chi connectivity index (χ2n) is 4.83. The van der Waals surface area contributed by atoms with Crippen molar-refractivity contribution in [2.45, 2.75) is 32.7 Å². The van der Waals surface area contributed by atoms with Gasteiger partial charge in [-0.05, 0) is 19.8 Å². The fraction of sp³-hybridized carbons (Fsp3) is 0.538. The average molecular weight is 262 g/mol. The smallest absolute Gasteiger partial charge is 0.274 e. The van der Waals surface area contributed by atoms with Gasteiger partial charge in [0.25, 0.3) is 5.91 Å². The number of nitrogens with one attached hydrogen (secondary N) is 1. The zero-order chi connectivity index (χ0) is 13.8. The molecule has 102 valence electrons. The van der Waals surface area contributed by atoms with Crippen LogP contribution in [-0.4, -0.2) is 45.8 Å². The van der Waals surface area contributed by atoms with Gasteiger partial charge in [-0.25, -0.2) is 4.98 Å². The normalized spacial score (nSPS) is 19.1. The van der Waals surface area contributed by atoms with Crippen LogP contribution in [0.15, 0.2) is 12.4 Å². The predicted octanol–water partition coefficient (Wildman–Crippen LogP) is 0.526. The molecular weight excluding hydrogens is 244 g/mol. The van der Waals surface area contributed by atoms with Crippen LogP contribution in [0.3, 0.4) is 0 Å². The van der Waals surface area contributed by atoms with E-state index < -0.39 is 0 Å². The molecule has 1 unspecified atom stereocenters. The number of likely N-dealkylation sites (tertiary alicyclic amines) is 1. The fourth-order valence-electron chi connectivity index (χ4n) is 2.23. The maximum absolute atomic E-state index is 12.3. The lowest BCUT2D eigenvalue weighted by molar-refractivity contribution is -0.120. The maximum Gasteiger partial charge on any atom is 0.274 e. The van der Waals surface area contributed by atoms with Crippen molar-refractivity contribution in [2.24, 2.45) is 0 Å². The van der Waals surface area contributed by atoms with Gasteiger partial charge in [0.1, 0.15) is 5.69 Å². The Hall–Kier alpha value is -1.98. The lowest BCUT2D eigenvalue weighted by atomic mass is 10.1. The number of nitrogens with zero attached hydrogens (tertiary/aromatic N) is 3. The number of carbonyl (C=O) groups is 2. The highest BCUT2D eigenvalue weighted by molar-refractivity contribution is 5.92. The largest absolute Gasteiger partial charge is 0.352 e. The molecule has 19 heavy (non-hydrogen) atoms. The van der Waals surface area contributed by atoms with Gasteiger partial charge in [0.05, 0.1) is 11.9 Å². The highest BCUT2D eigenvalue weighted by atomic mass is 16.2. The Morgan fingerprint density at radius 1 is 1.37 bits per heavy atom. The summed E-state index contributed by atoms with van der Waals surface area (Å²) < 4.78 is 0. The molecule has 0 radical (unpaired) electrons. The molecule has 1 aromatic rings. The van der Waals surface area contributed by atoms with Crippen LogP contribution in [0.2, 0.25) is 0 Å². The summed E-state index contributed by atoms with van der Waals surface area (Å²) >= 11 is 0. The van der Waals surface area contributed by atoms with E-state index in [1.54, 1.807) is 11.1 Å². The molecule has 0 bridgehead atoms. The molecule has 0 aromatic carbocycles. The Morgan fingerprint density at radius 2 is 2.16 bits per heavy atom. The van der Waals surface area contributed by atoms with Crippen LogP contribution in [0.1, 0.15) is 35.9 Å². The van der Waals surface area contributed by atoms with Crippen LogP contribution in [0.25, 0.3) is 0 Å². The standard InChI is InChI=1S/C13H18N4O2/c1-9-6-15-12(7-14-9)13(19)17-5-3-4-11(8-17)16-10(2)18/h6-7,11H,3-5,8H2,1-2H3,(H,16,18). The summed E-state index contributed by atoms with van der Waals surface area (Å²) in [4.78, 5) is 33.2. The molecule has 1 aliphatic rings. The minimum Gasteiger partial charge on any atom is -0.352 e. The Labute approximate surface area is 112 Å². The molecule has 0 saturated carbocycles. The molecule has 1 aliphatic heterocycles. The summed E-state index contributed by atoms with van der Waals surface area (Å²) in [6, 6.07) is 0.0357. The molecule has 2 rings (SSSR count). The van der Waals surface area contributed by atoms with E-state index in [0.717, 1.165) is 18.5 Å². The molecule has 2 heterocycles. The van der Waals surface area contributed by atoms with Gasteiger partial charge in [0.2, 0.25) is 5.91 Å². The van der Waals surface area contributed by atoms with Crippen molar-refractivity contribution in [2.75, 3.05) is 13.1 Å². The maximum atomic E-state index is 12.3. The predicted molar refractivity (Wildman–Crippen MR) is 69.5 cm³/mol. The van der Waals surface area contributed by atoms with Gasteiger partial charge >= 0.3 is 0 Å². The van der Waals surface area contributed by atoms with Crippen molar-refractivity contribution < 1.29 is 9.59 Å². The van der Waals surface area contributed by atoms with Crippen molar-refractivity contribution in [3.8, 4) is 0 Å².